The molecule has 0 rings (SSSR count). The van der Waals surface area contributed by atoms with Crippen LogP contribution >= 0.6 is 11.6 Å². The lowest BCUT2D eigenvalue weighted by atomic mass is 10.8. The van der Waals surface area contributed by atoms with Crippen molar-refractivity contribution >= 4 is 21.9 Å². The van der Waals surface area contributed by atoms with E-state index >= 15 is 0 Å². The van der Waals surface area contributed by atoms with E-state index in [1.54, 1.807) is 4.72 Å². The Balaban J connectivity index is 3.42. The zero-order chi connectivity index (χ0) is 6.62. The van der Waals surface area contributed by atoms with E-state index in [4.69, 9.17) is 16.2 Å². The fourth-order valence-electron chi connectivity index (χ4n) is 0.168. The summed E-state index contributed by atoms with van der Waals surface area (Å²) < 4.78 is 29.3. The van der Waals surface area contributed by atoms with E-state index in [0.717, 1.165) is 0 Å². The van der Waals surface area contributed by atoms with Crippen molar-refractivity contribution in [2.24, 2.45) is 0 Å². The molecular formula is C2H6ClNO3S. The summed E-state index contributed by atoms with van der Waals surface area (Å²) >= 11 is 5.07. The largest absolute Gasteiger partial charge is 0.333 e. The van der Waals surface area contributed by atoms with E-state index in [-0.39, 0.29) is 12.4 Å². The van der Waals surface area contributed by atoms with Crippen LogP contribution in [0, 0.1) is 0 Å². The fourth-order valence-corrected chi connectivity index (χ4v) is 0.734. The first-order valence-electron chi connectivity index (χ1n) is 1.84. The van der Waals surface area contributed by atoms with Crippen LogP contribution in [0.4, 0.5) is 0 Å². The van der Waals surface area contributed by atoms with Crippen LogP contribution in [0.5, 0.6) is 0 Å². The van der Waals surface area contributed by atoms with Crippen LogP contribution in [0.1, 0.15) is 0 Å². The van der Waals surface area contributed by atoms with Crippen LogP contribution in [0.2, 0.25) is 0 Å². The first-order chi connectivity index (χ1) is 3.56. The quantitative estimate of drug-likeness (QED) is 0.436. The van der Waals surface area contributed by atoms with E-state index in [1.165, 1.54) is 0 Å². The van der Waals surface area contributed by atoms with Crippen molar-refractivity contribution in [2.45, 2.75) is 0 Å². The van der Waals surface area contributed by atoms with Gasteiger partial charge in [-0.2, -0.15) is 13.1 Å². The SMILES string of the molecule is O=S(=O)(O)NCCCl. The average molecular weight is 160 g/mol. The lowest BCUT2D eigenvalue weighted by Crippen LogP contribution is -2.24. The monoisotopic (exact) mass is 159 g/mol. The minimum absolute atomic E-state index is 0.0559. The summed E-state index contributed by atoms with van der Waals surface area (Å²) in [5.41, 5.74) is 0. The van der Waals surface area contributed by atoms with Gasteiger partial charge in [-0.05, 0) is 0 Å². The number of halogens is 1. The minimum atomic E-state index is -4.02. The van der Waals surface area contributed by atoms with Gasteiger partial charge in [0.05, 0.1) is 0 Å². The normalized spacial score (nSPS) is 11.8. The van der Waals surface area contributed by atoms with Crippen LogP contribution < -0.4 is 4.72 Å². The highest BCUT2D eigenvalue weighted by molar-refractivity contribution is 7.83. The second kappa shape index (κ2) is 3.24. The average Bonchev–Trinajstić information content (AvgIpc) is 1.59. The Morgan fingerprint density at radius 3 is 2.25 bits per heavy atom. The number of rotatable bonds is 3. The van der Waals surface area contributed by atoms with Crippen molar-refractivity contribution in [3.63, 3.8) is 0 Å². The standard InChI is InChI=1S/C2H6ClNO3S/c3-1-2-4-8(5,6)7/h4H,1-2H2,(H,5,6,7). The summed E-state index contributed by atoms with van der Waals surface area (Å²) in [6.07, 6.45) is 0. The smallest absolute Gasteiger partial charge is 0.273 e. The molecule has 0 aromatic carbocycles. The molecule has 0 saturated heterocycles. The lowest BCUT2D eigenvalue weighted by molar-refractivity contribution is 0.470. The van der Waals surface area contributed by atoms with Crippen molar-refractivity contribution in [2.75, 3.05) is 12.4 Å². The Kier molecular flexibility index (Phi) is 3.30. The van der Waals surface area contributed by atoms with Crippen LogP contribution in [0.15, 0.2) is 0 Å². The number of alkyl halides is 1. The molecule has 4 nitrogen and oxygen atoms in total. The molecular weight excluding hydrogens is 154 g/mol. The molecule has 0 heterocycles. The molecule has 0 aliphatic heterocycles. The molecule has 0 fully saturated rings. The minimum Gasteiger partial charge on any atom is -0.273 e. The molecule has 0 aromatic rings. The summed E-state index contributed by atoms with van der Waals surface area (Å²) in [5.74, 6) is 0.153. The Labute approximate surface area is 52.7 Å². The van der Waals surface area contributed by atoms with Crippen LogP contribution in [0.3, 0.4) is 0 Å². The van der Waals surface area contributed by atoms with Crippen molar-refractivity contribution in [1.29, 1.82) is 0 Å². The third-order valence-electron chi connectivity index (χ3n) is 0.379. The Morgan fingerprint density at radius 2 is 2.12 bits per heavy atom. The zero-order valence-electron chi connectivity index (χ0n) is 3.96. The molecule has 0 amide bonds. The summed E-state index contributed by atoms with van der Waals surface area (Å²) in [7, 11) is -4.02. The van der Waals surface area contributed by atoms with Gasteiger partial charge in [0.2, 0.25) is 0 Å². The van der Waals surface area contributed by atoms with Crippen molar-refractivity contribution in [3.05, 3.63) is 0 Å². The van der Waals surface area contributed by atoms with Crippen molar-refractivity contribution in [3.8, 4) is 0 Å². The molecule has 0 saturated carbocycles. The molecule has 0 aromatic heterocycles. The van der Waals surface area contributed by atoms with E-state index < -0.39 is 10.3 Å². The van der Waals surface area contributed by atoms with E-state index in [0.29, 0.717) is 0 Å². The first kappa shape index (κ1) is 8.16. The van der Waals surface area contributed by atoms with Gasteiger partial charge in [0, 0.05) is 12.4 Å². The van der Waals surface area contributed by atoms with E-state index in [1.807, 2.05) is 0 Å². The molecule has 8 heavy (non-hydrogen) atoms. The van der Waals surface area contributed by atoms with Crippen LogP contribution in [0.25, 0.3) is 0 Å². The molecule has 0 aliphatic rings. The van der Waals surface area contributed by atoms with E-state index in [2.05, 4.69) is 0 Å². The number of nitrogens with one attached hydrogen (secondary N) is 1. The molecule has 2 N–H and O–H groups in total. The second-order valence-corrected chi connectivity index (χ2v) is 2.68. The zero-order valence-corrected chi connectivity index (χ0v) is 5.54. The molecule has 0 bridgehead atoms. The highest BCUT2D eigenvalue weighted by Crippen LogP contribution is 1.73. The van der Waals surface area contributed by atoms with Gasteiger partial charge < -0.3 is 0 Å². The Bertz CT molecular complexity index is 141. The maximum atomic E-state index is 9.78. The lowest BCUT2D eigenvalue weighted by Gasteiger charge is -1.92. The summed E-state index contributed by atoms with van der Waals surface area (Å²) in [6, 6.07) is 0. The van der Waals surface area contributed by atoms with Gasteiger partial charge in [0.15, 0.2) is 0 Å². The molecule has 50 valence electrons. The molecule has 0 radical (unpaired) electrons. The maximum Gasteiger partial charge on any atom is 0.333 e. The third-order valence-corrected chi connectivity index (χ3v) is 1.14. The van der Waals surface area contributed by atoms with Gasteiger partial charge in [0.1, 0.15) is 0 Å². The maximum absolute atomic E-state index is 9.78. The highest BCUT2D eigenvalue weighted by Gasteiger charge is 1.98. The predicted octanol–water partition coefficient (Wildman–Crippen LogP) is -0.382. The van der Waals surface area contributed by atoms with E-state index in [9.17, 15) is 8.42 Å². The van der Waals surface area contributed by atoms with Crippen molar-refractivity contribution < 1.29 is 13.0 Å². The number of hydrogen-bond donors (Lipinski definition) is 2. The Morgan fingerprint density at radius 1 is 1.62 bits per heavy atom. The topological polar surface area (TPSA) is 66.4 Å². The molecule has 0 aliphatic carbocycles. The van der Waals surface area contributed by atoms with Crippen LogP contribution in [-0.2, 0) is 10.3 Å². The van der Waals surface area contributed by atoms with Gasteiger partial charge in [0.25, 0.3) is 0 Å². The fraction of sp³-hybridized carbons (Fsp3) is 1.00. The molecule has 0 unspecified atom stereocenters. The van der Waals surface area contributed by atoms with Crippen LogP contribution in [-0.4, -0.2) is 25.4 Å². The second-order valence-electron chi connectivity index (χ2n) is 1.06. The molecule has 0 spiro atoms. The van der Waals surface area contributed by atoms with Gasteiger partial charge >= 0.3 is 10.3 Å². The van der Waals surface area contributed by atoms with Gasteiger partial charge in [-0.15, -0.1) is 11.6 Å². The van der Waals surface area contributed by atoms with Crippen molar-refractivity contribution in [1.82, 2.24) is 4.72 Å². The highest BCUT2D eigenvalue weighted by atomic mass is 35.5. The van der Waals surface area contributed by atoms with Gasteiger partial charge in [-0.1, -0.05) is 0 Å². The number of hydrogen-bond acceptors (Lipinski definition) is 2. The Hall–Kier alpha value is 0.160. The summed E-state index contributed by atoms with van der Waals surface area (Å²) in [6.45, 7) is 0.0559. The van der Waals surface area contributed by atoms with Gasteiger partial charge in [-0.3, -0.25) is 4.55 Å². The predicted molar refractivity (Wildman–Crippen MR) is 30.3 cm³/mol. The first-order valence-corrected chi connectivity index (χ1v) is 3.82. The molecule has 6 heteroatoms. The third kappa shape index (κ3) is 6.16. The molecule has 0 atom stereocenters. The summed E-state index contributed by atoms with van der Waals surface area (Å²) in [4.78, 5) is 0. The van der Waals surface area contributed by atoms with Gasteiger partial charge in [-0.25, -0.2) is 0 Å². The summed E-state index contributed by atoms with van der Waals surface area (Å²) in [5, 5.41) is 0.